The molecule has 0 amide bonds. The van der Waals surface area contributed by atoms with Crippen LogP contribution in [0.25, 0.3) is 0 Å². The van der Waals surface area contributed by atoms with Crippen LogP contribution in [0.2, 0.25) is 0 Å². The minimum atomic E-state index is -6.00. The van der Waals surface area contributed by atoms with E-state index in [1.54, 1.807) is 0 Å². The topological polar surface area (TPSA) is 66.4 Å². The van der Waals surface area contributed by atoms with Crippen molar-refractivity contribution in [2.45, 2.75) is 31.8 Å². The smallest absolute Gasteiger partial charge is 0.369 e. The standard InChI is InChI=1S/C12H13F6NO3S/c1-6-4-8(5-7(2)9(6)19-23(3,21)22)10(20,11(13,14)15)12(16,17)18/h4-5,19-20H,1-3H3. The quantitative estimate of drug-likeness (QED) is 0.810. The number of rotatable bonds is 3. The molecule has 0 fully saturated rings. The zero-order valence-corrected chi connectivity index (χ0v) is 12.9. The molecule has 0 bridgehead atoms. The van der Waals surface area contributed by atoms with Crippen molar-refractivity contribution in [1.29, 1.82) is 0 Å². The van der Waals surface area contributed by atoms with Crippen LogP contribution in [0.5, 0.6) is 0 Å². The van der Waals surface area contributed by atoms with E-state index in [-0.39, 0.29) is 16.8 Å². The third kappa shape index (κ3) is 3.71. The Bertz CT molecular complexity index is 671. The number of alkyl halides is 6. The highest BCUT2D eigenvalue weighted by Gasteiger charge is 2.71. The van der Waals surface area contributed by atoms with E-state index < -0.39 is 33.5 Å². The number of sulfonamides is 1. The van der Waals surface area contributed by atoms with Crippen molar-refractivity contribution in [3.63, 3.8) is 0 Å². The van der Waals surface area contributed by atoms with Gasteiger partial charge in [0.05, 0.1) is 11.9 Å². The first-order valence-corrected chi connectivity index (χ1v) is 7.85. The number of halogens is 6. The number of hydrogen-bond donors (Lipinski definition) is 2. The zero-order valence-electron chi connectivity index (χ0n) is 12.1. The van der Waals surface area contributed by atoms with Gasteiger partial charge in [0, 0.05) is 5.56 Å². The van der Waals surface area contributed by atoms with Crippen LogP contribution in [0.1, 0.15) is 16.7 Å². The fraction of sp³-hybridized carbons (Fsp3) is 0.500. The maximum Gasteiger partial charge on any atom is 0.430 e. The molecule has 11 heteroatoms. The first-order valence-electron chi connectivity index (χ1n) is 5.96. The summed E-state index contributed by atoms with van der Waals surface area (Å²) >= 11 is 0. The summed E-state index contributed by atoms with van der Waals surface area (Å²) in [6.45, 7) is 2.24. The third-order valence-corrected chi connectivity index (χ3v) is 3.63. The second-order valence-corrected chi connectivity index (χ2v) is 6.81. The molecule has 0 atom stereocenters. The van der Waals surface area contributed by atoms with E-state index in [0.717, 1.165) is 20.1 Å². The van der Waals surface area contributed by atoms with Gasteiger partial charge in [-0.15, -0.1) is 0 Å². The molecule has 2 N–H and O–H groups in total. The van der Waals surface area contributed by atoms with Gasteiger partial charge >= 0.3 is 12.4 Å². The molecule has 0 saturated heterocycles. The Balaban J connectivity index is 3.62. The van der Waals surface area contributed by atoms with Crippen molar-refractivity contribution >= 4 is 15.7 Å². The number of hydrogen-bond acceptors (Lipinski definition) is 3. The molecular formula is C12H13F6NO3S. The van der Waals surface area contributed by atoms with Crippen LogP contribution in [0.15, 0.2) is 12.1 Å². The molecular weight excluding hydrogens is 352 g/mol. The molecule has 0 aliphatic carbocycles. The summed E-state index contributed by atoms with van der Waals surface area (Å²) in [6.07, 6.45) is -11.2. The lowest BCUT2D eigenvalue weighted by Gasteiger charge is -2.33. The maximum atomic E-state index is 12.8. The number of benzene rings is 1. The van der Waals surface area contributed by atoms with Gasteiger partial charge in [-0.05, 0) is 25.0 Å². The van der Waals surface area contributed by atoms with E-state index in [9.17, 15) is 39.9 Å². The van der Waals surface area contributed by atoms with E-state index in [1.165, 1.54) is 0 Å². The van der Waals surface area contributed by atoms with Gasteiger partial charge in [-0.25, -0.2) is 8.42 Å². The maximum absolute atomic E-state index is 12.8. The summed E-state index contributed by atoms with van der Waals surface area (Å²) in [5.41, 5.74) is -7.04. The van der Waals surface area contributed by atoms with Crippen LogP contribution in [0.3, 0.4) is 0 Å². The summed E-state index contributed by atoms with van der Waals surface area (Å²) in [5, 5.41) is 9.34. The van der Waals surface area contributed by atoms with Gasteiger partial charge in [0.25, 0.3) is 5.60 Å². The van der Waals surface area contributed by atoms with Crippen molar-refractivity contribution in [1.82, 2.24) is 0 Å². The monoisotopic (exact) mass is 365 g/mol. The molecule has 132 valence electrons. The van der Waals surface area contributed by atoms with Gasteiger partial charge in [0.2, 0.25) is 10.0 Å². The van der Waals surface area contributed by atoms with E-state index in [4.69, 9.17) is 0 Å². The van der Waals surface area contributed by atoms with Gasteiger partial charge in [-0.2, -0.15) is 26.3 Å². The van der Waals surface area contributed by atoms with Gasteiger partial charge in [-0.1, -0.05) is 12.1 Å². The minimum absolute atomic E-state index is 0.150. The highest BCUT2D eigenvalue weighted by Crippen LogP contribution is 2.50. The first-order chi connectivity index (χ1) is 10.0. The lowest BCUT2D eigenvalue weighted by atomic mass is 9.89. The van der Waals surface area contributed by atoms with Gasteiger partial charge < -0.3 is 5.11 Å². The van der Waals surface area contributed by atoms with Crippen LogP contribution in [-0.4, -0.2) is 32.1 Å². The molecule has 0 heterocycles. The van der Waals surface area contributed by atoms with Crippen molar-refractivity contribution in [2.24, 2.45) is 0 Å². The van der Waals surface area contributed by atoms with E-state index in [1.807, 2.05) is 4.72 Å². The van der Waals surface area contributed by atoms with Crippen LogP contribution in [0.4, 0.5) is 32.0 Å². The molecule has 0 radical (unpaired) electrons. The van der Waals surface area contributed by atoms with Gasteiger partial charge in [0.15, 0.2) is 0 Å². The van der Waals surface area contributed by atoms with Gasteiger partial charge in [0.1, 0.15) is 0 Å². The first kappa shape index (κ1) is 19.6. The summed E-state index contributed by atoms with van der Waals surface area (Å²) in [7, 11) is -3.78. The molecule has 4 nitrogen and oxygen atoms in total. The van der Waals surface area contributed by atoms with E-state index >= 15 is 0 Å². The molecule has 1 aromatic carbocycles. The van der Waals surface area contributed by atoms with Gasteiger partial charge in [-0.3, -0.25) is 4.72 Å². The Hall–Kier alpha value is -1.49. The number of nitrogens with one attached hydrogen (secondary N) is 1. The molecule has 0 spiro atoms. The number of aliphatic hydroxyl groups is 1. The Labute approximate surface area is 128 Å². The summed E-state index contributed by atoms with van der Waals surface area (Å²) in [6, 6.07) is 0.892. The largest absolute Gasteiger partial charge is 0.430 e. The fourth-order valence-corrected chi connectivity index (χ4v) is 2.70. The molecule has 0 aliphatic heterocycles. The fourth-order valence-electron chi connectivity index (χ4n) is 2.01. The third-order valence-electron chi connectivity index (χ3n) is 3.06. The number of anilines is 1. The predicted molar refractivity (Wildman–Crippen MR) is 70.4 cm³/mol. The number of aryl methyl sites for hydroxylation is 2. The van der Waals surface area contributed by atoms with Crippen LogP contribution < -0.4 is 4.72 Å². The van der Waals surface area contributed by atoms with E-state index in [2.05, 4.69) is 0 Å². The Morgan fingerprint density at radius 2 is 1.30 bits per heavy atom. The molecule has 1 aromatic rings. The predicted octanol–water partition coefficient (Wildman–Crippen LogP) is 2.99. The average Bonchev–Trinajstić information content (AvgIpc) is 2.28. The normalized spacial score (nSPS) is 14.0. The summed E-state index contributed by atoms with van der Waals surface area (Å²) in [4.78, 5) is 0. The van der Waals surface area contributed by atoms with Crippen LogP contribution in [0, 0.1) is 13.8 Å². The molecule has 0 saturated carbocycles. The highest BCUT2D eigenvalue weighted by atomic mass is 32.2. The van der Waals surface area contributed by atoms with Crippen LogP contribution in [-0.2, 0) is 15.6 Å². The molecule has 1 rings (SSSR count). The van der Waals surface area contributed by atoms with Crippen molar-refractivity contribution in [3.8, 4) is 0 Å². The minimum Gasteiger partial charge on any atom is -0.369 e. The zero-order chi connectivity index (χ0) is 18.4. The molecule has 0 unspecified atom stereocenters. The average molecular weight is 365 g/mol. The highest BCUT2D eigenvalue weighted by molar-refractivity contribution is 7.92. The lowest BCUT2D eigenvalue weighted by molar-refractivity contribution is -0.376. The SMILES string of the molecule is Cc1cc(C(O)(C(F)(F)F)C(F)(F)F)cc(C)c1NS(C)(=O)=O. The second kappa shape index (κ2) is 5.55. The van der Waals surface area contributed by atoms with E-state index in [0.29, 0.717) is 12.1 Å². The van der Waals surface area contributed by atoms with Crippen molar-refractivity contribution in [2.75, 3.05) is 11.0 Å². The van der Waals surface area contributed by atoms with Crippen molar-refractivity contribution in [3.05, 3.63) is 28.8 Å². The lowest BCUT2D eigenvalue weighted by Crippen LogP contribution is -2.54. The molecule has 23 heavy (non-hydrogen) atoms. The molecule has 0 aliphatic rings. The summed E-state index contributed by atoms with van der Waals surface area (Å²) in [5.74, 6) is 0. The Morgan fingerprint density at radius 3 is 1.57 bits per heavy atom. The Morgan fingerprint density at radius 1 is 0.957 bits per heavy atom. The molecule has 0 aromatic heterocycles. The second-order valence-electron chi connectivity index (χ2n) is 5.07. The van der Waals surface area contributed by atoms with Crippen LogP contribution >= 0.6 is 0 Å². The van der Waals surface area contributed by atoms with Crippen molar-refractivity contribution < 1.29 is 39.9 Å². The summed E-state index contributed by atoms with van der Waals surface area (Å²) < 4.78 is 101. The Kier molecular flexibility index (Phi) is 4.72.